The number of piperidine rings is 1. The van der Waals surface area contributed by atoms with Crippen LogP contribution in [0.4, 0.5) is 0 Å². The Morgan fingerprint density at radius 2 is 2.22 bits per heavy atom. The van der Waals surface area contributed by atoms with E-state index in [9.17, 15) is 5.11 Å². The van der Waals surface area contributed by atoms with E-state index < -0.39 is 0 Å². The fourth-order valence-corrected chi connectivity index (χ4v) is 5.18. The zero-order chi connectivity index (χ0) is 16.1. The van der Waals surface area contributed by atoms with E-state index in [1.54, 1.807) is 0 Å². The second-order valence-corrected chi connectivity index (χ2v) is 7.55. The maximum atomic E-state index is 9.18. The van der Waals surface area contributed by atoms with Crippen molar-refractivity contribution in [1.29, 1.82) is 0 Å². The molecule has 0 spiro atoms. The minimum Gasteiger partial charge on any atom is -0.396 e. The minimum absolute atomic E-state index is 0.230. The number of ether oxygens (including phenoxy) is 1. The van der Waals surface area contributed by atoms with Gasteiger partial charge in [0.05, 0.1) is 0 Å². The number of hydrogen-bond donors (Lipinski definition) is 2. The highest BCUT2D eigenvalue weighted by Crippen LogP contribution is 2.45. The van der Waals surface area contributed by atoms with Crippen molar-refractivity contribution in [1.82, 2.24) is 5.32 Å². The van der Waals surface area contributed by atoms with Crippen molar-refractivity contribution >= 4 is 21.4 Å². The van der Waals surface area contributed by atoms with Gasteiger partial charge in [-0.3, -0.25) is 0 Å². The first-order valence-electron chi connectivity index (χ1n) is 8.66. The van der Waals surface area contributed by atoms with Crippen molar-refractivity contribution in [3.63, 3.8) is 0 Å². The van der Waals surface area contributed by atoms with Crippen LogP contribution in [0.15, 0.2) is 30.3 Å². The number of benzene rings is 1. The zero-order valence-electron chi connectivity index (χ0n) is 13.9. The Bertz CT molecular complexity index is 588. The van der Waals surface area contributed by atoms with Gasteiger partial charge in [-0.2, -0.15) is 0 Å². The molecule has 4 heteroatoms. The van der Waals surface area contributed by atoms with Crippen molar-refractivity contribution in [2.45, 2.75) is 37.7 Å². The van der Waals surface area contributed by atoms with Gasteiger partial charge in [-0.05, 0) is 56.2 Å². The summed E-state index contributed by atoms with van der Waals surface area (Å²) in [6.45, 7) is 2.38. The van der Waals surface area contributed by atoms with Crippen LogP contribution in [0.5, 0.6) is 0 Å². The molecule has 23 heavy (non-hydrogen) atoms. The Kier molecular flexibility index (Phi) is 5.70. The van der Waals surface area contributed by atoms with Crippen molar-refractivity contribution in [3.05, 3.63) is 35.2 Å². The number of aliphatic hydroxyl groups is 1. The zero-order valence-corrected chi connectivity index (χ0v) is 14.7. The summed E-state index contributed by atoms with van der Waals surface area (Å²) < 4.78 is 7.56. The average molecular weight is 333 g/mol. The van der Waals surface area contributed by atoms with Gasteiger partial charge < -0.3 is 15.2 Å². The Hall–Kier alpha value is -0.940. The molecular weight excluding hydrogens is 306 g/mol. The Morgan fingerprint density at radius 3 is 2.91 bits per heavy atom. The van der Waals surface area contributed by atoms with Gasteiger partial charge in [-0.1, -0.05) is 18.2 Å². The van der Waals surface area contributed by atoms with Crippen molar-refractivity contribution < 1.29 is 9.84 Å². The third kappa shape index (κ3) is 3.45. The first-order chi connectivity index (χ1) is 11.3. The van der Waals surface area contributed by atoms with Crippen LogP contribution < -0.4 is 5.32 Å². The van der Waals surface area contributed by atoms with E-state index in [4.69, 9.17) is 4.74 Å². The maximum absolute atomic E-state index is 9.18. The van der Waals surface area contributed by atoms with Gasteiger partial charge in [-0.25, -0.2) is 0 Å². The van der Waals surface area contributed by atoms with Crippen molar-refractivity contribution in [3.8, 4) is 0 Å². The lowest BCUT2D eigenvalue weighted by atomic mass is 9.77. The lowest BCUT2D eigenvalue weighted by Gasteiger charge is -2.41. The molecule has 1 fully saturated rings. The van der Waals surface area contributed by atoms with Crippen LogP contribution in [0, 0.1) is 5.92 Å². The number of unbranched alkanes of at least 4 members (excludes halogenated alkanes) is 1. The highest BCUT2D eigenvalue weighted by Gasteiger charge is 2.41. The maximum Gasteiger partial charge on any atom is 0.106 e. The van der Waals surface area contributed by atoms with E-state index in [1.165, 1.54) is 27.8 Å². The Balaban J connectivity index is 1.97. The topological polar surface area (TPSA) is 41.5 Å². The first-order valence-corrected chi connectivity index (χ1v) is 9.47. The smallest absolute Gasteiger partial charge is 0.106 e. The number of fused-ring (bicyclic) bond motifs is 1. The van der Waals surface area contributed by atoms with Gasteiger partial charge in [-0.15, -0.1) is 11.3 Å². The molecule has 3 rings (SSSR count). The number of methoxy groups -OCH3 is 1. The van der Waals surface area contributed by atoms with E-state index in [2.05, 4.69) is 35.6 Å². The third-order valence-corrected chi connectivity index (χ3v) is 6.39. The van der Waals surface area contributed by atoms with E-state index >= 15 is 0 Å². The highest BCUT2D eigenvalue weighted by atomic mass is 32.1. The molecule has 0 saturated carbocycles. The molecule has 2 atom stereocenters. The molecule has 3 nitrogen and oxygen atoms in total. The van der Waals surface area contributed by atoms with Crippen LogP contribution in [-0.4, -0.2) is 31.9 Å². The highest BCUT2D eigenvalue weighted by molar-refractivity contribution is 7.19. The van der Waals surface area contributed by atoms with Gasteiger partial charge in [0.1, 0.15) is 5.60 Å². The van der Waals surface area contributed by atoms with E-state index in [0.717, 1.165) is 32.4 Å². The van der Waals surface area contributed by atoms with Crippen LogP contribution in [0.1, 0.15) is 37.0 Å². The van der Waals surface area contributed by atoms with Gasteiger partial charge in [0.2, 0.25) is 0 Å². The van der Waals surface area contributed by atoms with Crippen LogP contribution in [0.3, 0.4) is 0 Å². The molecule has 0 radical (unpaired) electrons. The summed E-state index contributed by atoms with van der Waals surface area (Å²) in [6.07, 6.45) is 5.23. The first kappa shape index (κ1) is 16.9. The number of nitrogens with one attached hydrogen (secondary N) is 1. The fourth-order valence-electron chi connectivity index (χ4n) is 3.84. The molecule has 1 aliphatic heterocycles. The molecule has 1 aromatic heterocycles. The molecule has 2 aromatic rings. The standard InChI is InChI=1S/C19H27NO2S/c1-22-19(10-4-5-12-21,16-8-6-11-20-14-16)18-13-15-7-2-3-9-17(15)23-18/h2-3,7,9,13,16,20-21H,4-6,8,10-12,14H2,1H3/t16-,19+/m1/s1. The third-order valence-electron chi connectivity index (χ3n) is 5.12. The lowest BCUT2D eigenvalue weighted by molar-refractivity contribution is -0.0770. The fraction of sp³-hybridized carbons (Fsp3) is 0.579. The average Bonchev–Trinajstić information content (AvgIpc) is 3.04. The summed E-state index contributed by atoms with van der Waals surface area (Å²) in [6, 6.07) is 10.9. The molecule has 0 unspecified atom stereocenters. The lowest BCUT2D eigenvalue weighted by Crippen LogP contribution is -2.45. The van der Waals surface area contributed by atoms with Crippen LogP contribution in [-0.2, 0) is 10.3 Å². The normalized spacial score (nSPS) is 21.4. The van der Waals surface area contributed by atoms with Gasteiger partial charge in [0, 0.05) is 35.8 Å². The molecule has 0 bridgehead atoms. The summed E-state index contributed by atoms with van der Waals surface area (Å²) in [5.41, 5.74) is -0.230. The Morgan fingerprint density at radius 1 is 1.35 bits per heavy atom. The molecule has 1 aliphatic rings. The molecule has 1 aromatic carbocycles. The second kappa shape index (κ2) is 7.75. The monoisotopic (exact) mass is 333 g/mol. The summed E-state index contributed by atoms with van der Waals surface area (Å²) in [4.78, 5) is 1.34. The quantitative estimate of drug-likeness (QED) is 0.755. The minimum atomic E-state index is -0.230. The summed E-state index contributed by atoms with van der Waals surface area (Å²) >= 11 is 1.87. The number of rotatable bonds is 7. The number of hydrogen-bond acceptors (Lipinski definition) is 4. The summed E-state index contributed by atoms with van der Waals surface area (Å²) in [7, 11) is 1.86. The molecule has 0 amide bonds. The molecule has 0 aliphatic carbocycles. The molecular formula is C19H27NO2S. The van der Waals surface area contributed by atoms with E-state index in [1.807, 2.05) is 18.4 Å². The largest absolute Gasteiger partial charge is 0.396 e. The van der Waals surface area contributed by atoms with E-state index in [0.29, 0.717) is 5.92 Å². The molecule has 126 valence electrons. The van der Waals surface area contributed by atoms with Crippen molar-refractivity contribution in [2.24, 2.45) is 5.92 Å². The van der Waals surface area contributed by atoms with E-state index in [-0.39, 0.29) is 12.2 Å². The van der Waals surface area contributed by atoms with Crippen LogP contribution in [0.25, 0.3) is 10.1 Å². The summed E-state index contributed by atoms with van der Waals surface area (Å²) in [5, 5.41) is 14.0. The summed E-state index contributed by atoms with van der Waals surface area (Å²) in [5.74, 6) is 0.494. The van der Waals surface area contributed by atoms with Gasteiger partial charge >= 0.3 is 0 Å². The molecule has 2 N–H and O–H groups in total. The van der Waals surface area contributed by atoms with Gasteiger partial charge in [0.25, 0.3) is 0 Å². The van der Waals surface area contributed by atoms with Crippen molar-refractivity contribution in [2.75, 3.05) is 26.8 Å². The SMILES string of the molecule is CO[C@](CCCCO)(c1cc2ccccc2s1)[C@@H]1CCCNC1. The second-order valence-electron chi connectivity index (χ2n) is 6.47. The Labute approximate surface area is 142 Å². The van der Waals surface area contributed by atoms with Crippen LogP contribution in [0.2, 0.25) is 0 Å². The predicted octanol–water partition coefficient (Wildman–Crippen LogP) is 3.91. The molecule has 2 heterocycles. The number of aliphatic hydroxyl groups excluding tert-OH is 1. The van der Waals surface area contributed by atoms with Crippen LogP contribution >= 0.6 is 11.3 Å². The van der Waals surface area contributed by atoms with Gasteiger partial charge in [0.15, 0.2) is 0 Å². The predicted molar refractivity (Wildman–Crippen MR) is 97.0 cm³/mol. The number of thiophene rings is 1. The molecule has 1 saturated heterocycles.